The molecule has 0 saturated heterocycles. The van der Waals surface area contributed by atoms with Gasteiger partial charge in [-0.3, -0.25) is 5.32 Å². The molecule has 0 fully saturated rings. The summed E-state index contributed by atoms with van der Waals surface area (Å²) in [6.07, 6.45) is 0.788. The monoisotopic (exact) mass is 256 g/mol. The van der Waals surface area contributed by atoms with Gasteiger partial charge >= 0.3 is 0 Å². The van der Waals surface area contributed by atoms with Crippen LogP contribution in [-0.2, 0) is 6.54 Å². The van der Waals surface area contributed by atoms with Crippen LogP contribution in [0.15, 0.2) is 24.3 Å². The highest BCUT2D eigenvalue weighted by Gasteiger charge is 2.11. The summed E-state index contributed by atoms with van der Waals surface area (Å²) in [5, 5.41) is 12.4. The van der Waals surface area contributed by atoms with Gasteiger partial charge in [0.2, 0.25) is 0 Å². The van der Waals surface area contributed by atoms with Crippen LogP contribution in [0.25, 0.3) is 11.0 Å². The van der Waals surface area contributed by atoms with Gasteiger partial charge in [-0.15, -0.1) is 0 Å². The van der Waals surface area contributed by atoms with Crippen molar-refractivity contribution >= 4 is 11.0 Å². The number of nitrogens with zero attached hydrogens (tertiary/aromatic N) is 3. The van der Waals surface area contributed by atoms with Crippen LogP contribution >= 0.6 is 0 Å². The second-order valence-corrected chi connectivity index (χ2v) is 5.09. The van der Waals surface area contributed by atoms with E-state index in [4.69, 9.17) is 5.26 Å². The number of nitrogens with one attached hydrogen (secondary N) is 1. The van der Waals surface area contributed by atoms with Crippen LogP contribution in [0.5, 0.6) is 0 Å². The van der Waals surface area contributed by atoms with E-state index in [0.717, 1.165) is 29.8 Å². The minimum absolute atomic E-state index is 0.111. The number of aromatic nitrogens is 2. The first-order valence-electron chi connectivity index (χ1n) is 6.69. The predicted molar refractivity (Wildman–Crippen MR) is 76.8 cm³/mol. The lowest BCUT2D eigenvalue weighted by Crippen LogP contribution is -2.34. The Kier molecular flexibility index (Phi) is 4.18. The topological polar surface area (TPSA) is 53.6 Å². The van der Waals surface area contributed by atoms with Gasteiger partial charge in [0.05, 0.1) is 23.1 Å². The molecular weight excluding hydrogens is 236 g/mol. The normalized spacial score (nSPS) is 12.8. The number of rotatable bonds is 5. The minimum atomic E-state index is -0.111. The lowest BCUT2D eigenvalue weighted by molar-refractivity contribution is 0.477. The molecule has 0 bridgehead atoms. The van der Waals surface area contributed by atoms with Crippen molar-refractivity contribution in [1.29, 1.82) is 5.26 Å². The van der Waals surface area contributed by atoms with Gasteiger partial charge in [-0.1, -0.05) is 12.1 Å². The molecule has 0 aliphatic rings. The van der Waals surface area contributed by atoms with Crippen LogP contribution < -0.4 is 5.32 Å². The molecule has 4 nitrogen and oxygen atoms in total. The number of imidazole rings is 1. The Bertz CT molecular complexity index is 592. The molecule has 0 radical (unpaired) electrons. The maximum Gasteiger partial charge on any atom is 0.106 e. The first kappa shape index (κ1) is 13.6. The summed E-state index contributed by atoms with van der Waals surface area (Å²) < 4.78 is 2.18. The maximum absolute atomic E-state index is 9.15. The number of nitriles is 1. The van der Waals surface area contributed by atoms with Crippen LogP contribution in [0.3, 0.4) is 0 Å². The highest BCUT2D eigenvalue weighted by molar-refractivity contribution is 5.75. The average Bonchev–Trinajstić information content (AvgIpc) is 2.70. The number of aryl methyl sites for hydroxylation is 2. The average molecular weight is 256 g/mol. The molecule has 0 aliphatic carbocycles. The molecule has 1 aromatic heterocycles. The standard InChI is InChI=1S/C15H20N4/c1-11(2)17-13(10-16)8-9-19-12(3)18-14-6-4-5-7-15(14)19/h4-7,11,13,17H,8-9H2,1-3H3. The van der Waals surface area contributed by atoms with Gasteiger partial charge in [0.15, 0.2) is 0 Å². The van der Waals surface area contributed by atoms with Crippen LogP contribution in [0, 0.1) is 18.3 Å². The lowest BCUT2D eigenvalue weighted by atomic mass is 10.2. The molecule has 2 rings (SSSR count). The zero-order valence-corrected chi connectivity index (χ0v) is 11.7. The summed E-state index contributed by atoms with van der Waals surface area (Å²) in [6.45, 7) is 6.94. The Morgan fingerprint density at radius 3 is 2.79 bits per heavy atom. The Morgan fingerprint density at radius 2 is 2.11 bits per heavy atom. The fourth-order valence-corrected chi connectivity index (χ4v) is 2.32. The van der Waals surface area contributed by atoms with E-state index in [9.17, 15) is 0 Å². The lowest BCUT2D eigenvalue weighted by Gasteiger charge is -2.15. The highest BCUT2D eigenvalue weighted by Crippen LogP contribution is 2.16. The second-order valence-electron chi connectivity index (χ2n) is 5.09. The second kappa shape index (κ2) is 5.85. The van der Waals surface area contributed by atoms with Gasteiger partial charge in [0, 0.05) is 12.6 Å². The number of benzene rings is 1. The van der Waals surface area contributed by atoms with Gasteiger partial charge < -0.3 is 4.57 Å². The molecule has 1 unspecified atom stereocenters. The van der Waals surface area contributed by atoms with Crippen LogP contribution in [0.2, 0.25) is 0 Å². The molecule has 100 valence electrons. The smallest absolute Gasteiger partial charge is 0.106 e. The molecule has 1 N–H and O–H groups in total. The molecule has 0 spiro atoms. The third-order valence-corrected chi connectivity index (χ3v) is 3.18. The molecule has 0 amide bonds. The third kappa shape index (κ3) is 3.12. The summed E-state index contributed by atoms with van der Waals surface area (Å²) >= 11 is 0. The summed E-state index contributed by atoms with van der Waals surface area (Å²) in [7, 11) is 0. The van der Waals surface area contributed by atoms with Crippen molar-refractivity contribution in [2.75, 3.05) is 0 Å². The molecule has 1 atom stereocenters. The van der Waals surface area contributed by atoms with Gasteiger partial charge in [0.1, 0.15) is 5.82 Å². The third-order valence-electron chi connectivity index (χ3n) is 3.18. The first-order valence-corrected chi connectivity index (χ1v) is 6.69. The molecular formula is C15H20N4. The Hall–Kier alpha value is -1.86. The summed E-state index contributed by atoms with van der Waals surface area (Å²) in [6, 6.07) is 10.6. The van der Waals surface area contributed by atoms with Crippen molar-refractivity contribution in [2.24, 2.45) is 0 Å². The maximum atomic E-state index is 9.15. The van der Waals surface area contributed by atoms with Crippen LogP contribution in [0.4, 0.5) is 0 Å². The summed E-state index contributed by atoms with van der Waals surface area (Å²) in [4.78, 5) is 4.54. The van der Waals surface area contributed by atoms with Gasteiger partial charge in [-0.05, 0) is 39.3 Å². The number of hydrogen-bond acceptors (Lipinski definition) is 3. The highest BCUT2D eigenvalue weighted by atomic mass is 15.1. The van der Waals surface area contributed by atoms with Crippen molar-refractivity contribution in [3.05, 3.63) is 30.1 Å². The van der Waals surface area contributed by atoms with Crippen molar-refractivity contribution in [3.8, 4) is 6.07 Å². The SMILES string of the molecule is Cc1nc2ccccc2n1CCC(C#N)NC(C)C. The van der Waals surface area contributed by atoms with Crippen molar-refractivity contribution in [3.63, 3.8) is 0 Å². The zero-order valence-electron chi connectivity index (χ0n) is 11.7. The van der Waals surface area contributed by atoms with E-state index in [-0.39, 0.29) is 6.04 Å². The molecule has 4 heteroatoms. The molecule has 1 aromatic carbocycles. The quantitative estimate of drug-likeness (QED) is 0.894. The molecule has 2 aromatic rings. The molecule has 0 saturated carbocycles. The van der Waals surface area contributed by atoms with E-state index < -0.39 is 0 Å². The number of para-hydroxylation sites is 2. The fourth-order valence-electron chi connectivity index (χ4n) is 2.32. The Morgan fingerprint density at radius 1 is 1.37 bits per heavy atom. The van der Waals surface area contributed by atoms with Gasteiger partial charge in [0.25, 0.3) is 0 Å². The van der Waals surface area contributed by atoms with Gasteiger partial charge in [-0.25, -0.2) is 4.98 Å². The summed E-state index contributed by atoms with van der Waals surface area (Å²) in [5.41, 5.74) is 2.16. The predicted octanol–water partition coefficient (Wildman–Crippen LogP) is 2.63. The van der Waals surface area contributed by atoms with Crippen LogP contribution in [-0.4, -0.2) is 21.6 Å². The largest absolute Gasteiger partial charge is 0.328 e. The molecule has 19 heavy (non-hydrogen) atoms. The number of fused-ring (bicyclic) bond motifs is 1. The van der Waals surface area contributed by atoms with E-state index in [1.165, 1.54) is 0 Å². The molecule has 1 heterocycles. The van der Waals surface area contributed by atoms with E-state index in [1.807, 2.05) is 25.1 Å². The molecule has 0 aliphatic heterocycles. The fraction of sp³-hybridized carbons (Fsp3) is 0.467. The van der Waals surface area contributed by atoms with Crippen molar-refractivity contribution in [1.82, 2.24) is 14.9 Å². The zero-order chi connectivity index (χ0) is 13.8. The van der Waals surface area contributed by atoms with E-state index in [0.29, 0.717) is 6.04 Å². The van der Waals surface area contributed by atoms with Crippen LogP contribution in [0.1, 0.15) is 26.1 Å². The van der Waals surface area contributed by atoms with Crippen molar-refractivity contribution in [2.45, 2.75) is 45.8 Å². The van der Waals surface area contributed by atoms with E-state index >= 15 is 0 Å². The Balaban J connectivity index is 2.13. The Labute approximate surface area is 114 Å². The first-order chi connectivity index (χ1) is 9.11. The van der Waals surface area contributed by atoms with Crippen molar-refractivity contribution < 1.29 is 0 Å². The van der Waals surface area contributed by atoms with E-state index in [2.05, 4.69) is 40.9 Å². The van der Waals surface area contributed by atoms with Gasteiger partial charge in [-0.2, -0.15) is 5.26 Å². The summed E-state index contributed by atoms with van der Waals surface area (Å²) in [5.74, 6) is 1.00. The number of hydrogen-bond donors (Lipinski definition) is 1. The van der Waals surface area contributed by atoms with E-state index in [1.54, 1.807) is 0 Å². The minimum Gasteiger partial charge on any atom is -0.328 e.